The van der Waals surface area contributed by atoms with E-state index in [1.807, 2.05) is 0 Å². The van der Waals surface area contributed by atoms with Crippen molar-refractivity contribution in [2.24, 2.45) is 0 Å². The summed E-state index contributed by atoms with van der Waals surface area (Å²) in [5, 5.41) is 3.69. The minimum atomic E-state index is -0.101. The van der Waals surface area contributed by atoms with Gasteiger partial charge in [0.25, 0.3) is 0 Å². The van der Waals surface area contributed by atoms with Gasteiger partial charge in [0.2, 0.25) is 0 Å². The molecule has 1 aliphatic rings. The summed E-state index contributed by atoms with van der Waals surface area (Å²) in [4.78, 5) is 0. The summed E-state index contributed by atoms with van der Waals surface area (Å²) in [5.41, 5.74) is 2.56. The number of para-hydroxylation sites is 1. The largest absolute Gasteiger partial charge is 0.488 e. The van der Waals surface area contributed by atoms with E-state index in [1.54, 1.807) is 0 Å². The Morgan fingerprint density at radius 3 is 2.55 bits per heavy atom. The van der Waals surface area contributed by atoms with Crippen LogP contribution in [0.2, 0.25) is 0 Å². The summed E-state index contributed by atoms with van der Waals surface area (Å²) in [5.74, 6) is 1.53. The first kappa shape index (κ1) is 15.1. The van der Waals surface area contributed by atoms with E-state index in [0.717, 1.165) is 18.7 Å². The van der Waals surface area contributed by atoms with Gasteiger partial charge in [0.05, 0.1) is 0 Å². The fourth-order valence-electron chi connectivity index (χ4n) is 3.31. The zero-order chi connectivity index (χ0) is 15.6. The molecule has 0 radical (unpaired) electrons. The Labute approximate surface area is 133 Å². The van der Waals surface area contributed by atoms with Gasteiger partial charge in [-0.25, -0.2) is 0 Å². The maximum atomic E-state index is 6.11. The Kier molecular flexibility index (Phi) is 4.21. The molecule has 0 amide bonds. The molecular weight excluding hydrogens is 270 g/mol. The molecule has 22 heavy (non-hydrogen) atoms. The number of fused-ring (bicyclic) bond motifs is 1. The molecule has 1 unspecified atom stereocenters. The second-order valence-corrected chi connectivity index (χ2v) is 6.84. The number of benzene rings is 2. The lowest BCUT2D eigenvalue weighted by Crippen LogP contribution is -2.38. The quantitative estimate of drug-likeness (QED) is 0.884. The van der Waals surface area contributed by atoms with Crippen LogP contribution in [0.5, 0.6) is 5.75 Å². The van der Waals surface area contributed by atoms with Crippen molar-refractivity contribution in [3.05, 3.63) is 65.7 Å². The highest BCUT2D eigenvalue weighted by Gasteiger charge is 2.33. The maximum Gasteiger partial charge on any atom is 0.123 e. The minimum Gasteiger partial charge on any atom is -0.488 e. The SMILES string of the molecule is CC(NC[C@@H]1CC(C)(C)Oc2ccccc21)c1ccccc1. The van der Waals surface area contributed by atoms with Gasteiger partial charge >= 0.3 is 0 Å². The molecular formula is C20H25NO. The number of rotatable bonds is 4. The van der Waals surface area contributed by atoms with Gasteiger partial charge in [0.15, 0.2) is 0 Å². The highest BCUT2D eigenvalue weighted by molar-refractivity contribution is 5.39. The average molecular weight is 295 g/mol. The molecule has 0 aromatic heterocycles. The van der Waals surface area contributed by atoms with Crippen molar-refractivity contribution >= 4 is 0 Å². The van der Waals surface area contributed by atoms with Crippen molar-refractivity contribution in [2.45, 2.75) is 44.8 Å². The molecule has 0 bridgehead atoms. The predicted molar refractivity (Wildman–Crippen MR) is 91.4 cm³/mol. The van der Waals surface area contributed by atoms with Gasteiger partial charge in [0, 0.05) is 18.5 Å². The summed E-state index contributed by atoms with van der Waals surface area (Å²) < 4.78 is 6.11. The standard InChI is InChI=1S/C20H25NO/c1-15(16-9-5-4-6-10-16)21-14-17-13-20(2,3)22-19-12-8-7-11-18(17)19/h4-12,15,17,21H,13-14H2,1-3H3/t15?,17-/m0/s1. The van der Waals surface area contributed by atoms with Gasteiger partial charge in [0.1, 0.15) is 11.4 Å². The molecule has 0 saturated carbocycles. The van der Waals surface area contributed by atoms with Crippen LogP contribution in [0.3, 0.4) is 0 Å². The van der Waals surface area contributed by atoms with Crippen LogP contribution in [0.1, 0.15) is 50.3 Å². The van der Waals surface area contributed by atoms with Gasteiger partial charge in [-0.2, -0.15) is 0 Å². The topological polar surface area (TPSA) is 21.3 Å². The van der Waals surface area contributed by atoms with E-state index >= 15 is 0 Å². The molecule has 116 valence electrons. The number of nitrogens with one attached hydrogen (secondary N) is 1. The maximum absolute atomic E-state index is 6.11. The first-order valence-corrected chi connectivity index (χ1v) is 8.11. The third-order valence-electron chi connectivity index (χ3n) is 4.45. The molecule has 1 N–H and O–H groups in total. The van der Waals surface area contributed by atoms with Crippen molar-refractivity contribution in [3.63, 3.8) is 0 Å². The van der Waals surface area contributed by atoms with Crippen LogP contribution in [-0.2, 0) is 0 Å². The van der Waals surface area contributed by atoms with Crippen LogP contribution in [-0.4, -0.2) is 12.1 Å². The van der Waals surface area contributed by atoms with E-state index < -0.39 is 0 Å². The van der Waals surface area contributed by atoms with E-state index in [9.17, 15) is 0 Å². The molecule has 2 heteroatoms. The molecule has 1 aliphatic heterocycles. The summed E-state index contributed by atoms with van der Waals surface area (Å²) in [6.45, 7) is 7.55. The highest BCUT2D eigenvalue weighted by atomic mass is 16.5. The van der Waals surface area contributed by atoms with Gasteiger partial charge in [-0.1, -0.05) is 48.5 Å². The third-order valence-corrected chi connectivity index (χ3v) is 4.45. The van der Waals surface area contributed by atoms with Gasteiger partial charge in [-0.05, 0) is 44.4 Å². The van der Waals surface area contributed by atoms with Crippen LogP contribution < -0.4 is 10.1 Å². The summed E-state index contributed by atoms with van der Waals surface area (Å²) in [7, 11) is 0. The van der Waals surface area contributed by atoms with Crippen molar-refractivity contribution in [2.75, 3.05) is 6.54 Å². The van der Waals surface area contributed by atoms with Gasteiger partial charge in [-0.3, -0.25) is 0 Å². The van der Waals surface area contributed by atoms with Crippen LogP contribution in [0.15, 0.2) is 54.6 Å². The van der Waals surface area contributed by atoms with Crippen LogP contribution in [0, 0.1) is 0 Å². The molecule has 0 fully saturated rings. The summed E-state index contributed by atoms with van der Waals surface area (Å²) in [6.07, 6.45) is 1.04. The molecule has 2 nitrogen and oxygen atoms in total. The number of hydrogen-bond acceptors (Lipinski definition) is 2. The van der Waals surface area contributed by atoms with Crippen molar-refractivity contribution < 1.29 is 4.74 Å². The lowest BCUT2D eigenvalue weighted by molar-refractivity contribution is 0.0713. The van der Waals surface area contributed by atoms with E-state index in [0.29, 0.717) is 12.0 Å². The average Bonchev–Trinajstić information content (AvgIpc) is 2.52. The van der Waals surface area contributed by atoms with E-state index in [2.05, 4.69) is 80.7 Å². The zero-order valence-corrected chi connectivity index (χ0v) is 13.7. The Hall–Kier alpha value is -1.80. The Balaban J connectivity index is 1.72. The first-order chi connectivity index (χ1) is 10.6. The Bertz CT molecular complexity index is 621. The highest BCUT2D eigenvalue weighted by Crippen LogP contribution is 2.40. The molecule has 0 aliphatic carbocycles. The van der Waals surface area contributed by atoms with Gasteiger partial charge < -0.3 is 10.1 Å². The summed E-state index contributed by atoms with van der Waals surface area (Å²) >= 11 is 0. The lowest BCUT2D eigenvalue weighted by Gasteiger charge is -2.38. The number of ether oxygens (including phenoxy) is 1. The second kappa shape index (κ2) is 6.13. The smallest absolute Gasteiger partial charge is 0.123 e. The summed E-state index contributed by atoms with van der Waals surface area (Å²) in [6, 6.07) is 19.4. The fraction of sp³-hybridized carbons (Fsp3) is 0.400. The molecule has 2 atom stereocenters. The lowest BCUT2D eigenvalue weighted by atomic mass is 9.84. The van der Waals surface area contributed by atoms with Crippen LogP contribution in [0.4, 0.5) is 0 Å². The second-order valence-electron chi connectivity index (χ2n) is 6.84. The van der Waals surface area contributed by atoms with E-state index in [4.69, 9.17) is 4.74 Å². The minimum absolute atomic E-state index is 0.101. The Morgan fingerprint density at radius 1 is 1.09 bits per heavy atom. The van der Waals surface area contributed by atoms with Gasteiger partial charge in [-0.15, -0.1) is 0 Å². The predicted octanol–water partition coefficient (Wildman–Crippen LogP) is 4.68. The molecule has 0 saturated heterocycles. The van der Waals surface area contributed by atoms with Crippen molar-refractivity contribution in [1.29, 1.82) is 0 Å². The molecule has 3 rings (SSSR count). The Morgan fingerprint density at radius 2 is 1.77 bits per heavy atom. The molecule has 1 heterocycles. The van der Waals surface area contributed by atoms with Crippen LogP contribution in [0.25, 0.3) is 0 Å². The normalized spacial score (nSPS) is 20.8. The first-order valence-electron chi connectivity index (χ1n) is 8.11. The molecule has 2 aromatic carbocycles. The molecule has 0 spiro atoms. The van der Waals surface area contributed by atoms with Crippen molar-refractivity contribution in [3.8, 4) is 5.75 Å². The molecule has 2 aromatic rings. The van der Waals surface area contributed by atoms with E-state index in [-0.39, 0.29) is 5.60 Å². The fourth-order valence-corrected chi connectivity index (χ4v) is 3.31. The zero-order valence-electron chi connectivity index (χ0n) is 13.7. The van der Waals surface area contributed by atoms with Crippen LogP contribution >= 0.6 is 0 Å². The monoisotopic (exact) mass is 295 g/mol. The van der Waals surface area contributed by atoms with Crippen molar-refractivity contribution in [1.82, 2.24) is 5.32 Å². The number of hydrogen-bond donors (Lipinski definition) is 1. The van der Waals surface area contributed by atoms with E-state index in [1.165, 1.54) is 11.1 Å². The third kappa shape index (κ3) is 3.33.